The average molecular weight is 462 g/mol. The summed E-state index contributed by atoms with van der Waals surface area (Å²) in [6, 6.07) is 18.2. The van der Waals surface area contributed by atoms with Crippen molar-refractivity contribution in [3.8, 4) is 29.7 Å². The number of aromatic nitrogens is 2. The molecule has 0 saturated carbocycles. The molecule has 2 atom stereocenters. The van der Waals surface area contributed by atoms with E-state index in [0.717, 1.165) is 29.1 Å². The molecule has 0 aliphatic rings. The highest BCUT2D eigenvalue weighted by Gasteiger charge is 2.24. The van der Waals surface area contributed by atoms with Gasteiger partial charge in [0.15, 0.2) is 0 Å². The van der Waals surface area contributed by atoms with E-state index < -0.39 is 6.10 Å². The van der Waals surface area contributed by atoms with Crippen molar-refractivity contribution in [1.29, 1.82) is 0 Å². The van der Waals surface area contributed by atoms with E-state index in [1.807, 2.05) is 66.2 Å². The maximum Gasteiger partial charge on any atom is 0.227 e. The highest BCUT2D eigenvalue weighted by Crippen LogP contribution is 2.32. The second-order valence-electron chi connectivity index (χ2n) is 8.59. The van der Waals surface area contributed by atoms with E-state index in [2.05, 4.69) is 31.6 Å². The smallest absolute Gasteiger partial charge is 0.227 e. The van der Waals surface area contributed by atoms with E-state index in [4.69, 9.17) is 21.0 Å². The molecule has 2 unspecified atom stereocenters. The van der Waals surface area contributed by atoms with Gasteiger partial charge in [-0.05, 0) is 51.5 Å². The predicted molar refractivity (Wildman–Crippen MR) is 135 cm³/mol. The Morgan fingerprint density at radius 3 is 2.47 bits per heavy atom. The van der Waals surface area contributed by atoms with Crippen molar-refractivity contribution in [2.75, 3.05) is 19.8 Å². The van der Waals surface area contributed by atoms with Crippen LogP contribution in [-0.4, -0.2) is 51.7 Å². The van der Waals surface area contributed by atoms with Crippen LogP contribution in [0, 0.1) is 26.2 Å². The molecular weight excluding hydrogens is 426 g/mol. The first kappa shape index (κ1) is 25.5. The molecule has 6 nitrogen and oxygen atoms in total. The number of ether oxygens (including phenoxy) is 2. The van der Waals surface area contributed by atoms with E-state index in [9.17, 15) is 5.11 Å². The van der Waals surface area contributed by atoms with Crippen LogP contribution in [0.4, 0.5) is 0 Å². The second kappa shape index (κ2) is 12.4. The maximum atomic E-state index is 10.6. The van der Waals surface area contributed by atoms with Gasteiger partial charge < -0.3 is 14.6 Å². The first-order valence-electron chi connectivity index (χ1n) is 11.7. The van der Waals surface area contributed by atoms with Gasteiger partial charge in [0.1, 0.15) is 12.4 Å². The molecule has 0 aliphatic heterocycles. The van der Waals surface area contributed by atoms with Gasteiger partial charge in [0.2, 0.25) is 5.88 Å². The van der Waals surface area contributed by atoms with Gasteiger partial charge in [0, 0.05) is 19.1 Å². The number of nitrogens with zero attached hydrogens (tertiary/aromatic N) is 3. The van der Waals surface area contributed by atoms with Gasteiger partial charge in [-0.2, -0.15) is 5.10 Å². The third-order valence-corrected chi connectivity index (χ3v) is 5.89. The van der Waals surface area contributed by atoms with E-state index in [-0.39, 0.29) is 19.3 Å². The van der Waals surface area contributed by atoms with Gasteiger partial charge in [-0.3, -0.25) is 4.90 Å². The lowest BCUT2D eigenvalue weighted by atomic mass is 10.1. The van der Waals surface area contributed by atoms with E-state index in [1.165, 1.54) is 5.56 Å². The molecule has 0 saturated heterocycles. The summed E-state index contributed by atoms with van der Waals surface area (Å²) >= 11 is 0. The Labute approximate surface area is 203 Å². The Morgan fingerprint density at radius 1 is 1.12 bits per heavy atom. The topological polar surface area (TPSA) is 59.8 Å². The van der Waals surface area contributed by atoms with Gasteiger partial charge >= 0.3 is 0 Å². The Kier molecular flexibility index (Phi) is 9.29. The molecule has 0 amide bonds. The second-order valence-corrected chi connectivity index (χ2v) is 8.59. The number of aryl methyl sites for hydroxylation is 2. The minimum Gasteiger partial charge on any atom is -0.439 e. The number of para-hydroxylation sites is 1. The zero-order chi connectivity index (χ0) is 24.5. The maximum absolute atomic E-state index is 10.6. The number of terminal acetylenes is 1. The van der Waals surface area contributed by atoms with Crippen LogP contribution >= 0.6 is 0 Å². The summed E-state index contributed by atoms with van der Waals surface area (Å²) in [5.41, 5.74) is 3.97. The largest absolute Gasteiger partial charge is 0.439 e. The lowest BCUT2D eigenvalue weighted by molar-refractivity contribution is 0.0168. The molecule has 0 radical (unpaired) electrons. The molecule has 1 aromatic heterocycles. The lowest BCUT2D eigenvalue weighted by Gasteiger charge is -2.30. The number of benzene rings is 2. The zero-order valence-electron chi connectivity index (χ0n) is 20.6. The summed E-state index contributed by atoms with van der Waals surface area (Å²) in [5.74, 6) is 3.87. The van der Waals surface area contributed by atoms with Crippen molar-refractivity contribution in [3.63, 3.8) is 0 Å². The Bertz CT molecular complexity index is 1070. The number of rotatable bonds is 12. The number of aliphatic hydroxyl groups is 1. The molecule has 1 heterocycles. The molecule has 0 aliphatic carbocycles. The molecule has 0 spiro atoms. The van der Waals surface area contributed by atoms with Crippen LogP contribution in [0.3, 0.4) is 0 Å². The summed E-state index contributed by atoms with van der Waals surface area (Å²) in [5, 5.41) is 15.4. The molecule has 34 heavy (non-hydrogen) atoms. The van der Waals surface area contributed by atoms with Crippen molar-refractivity contribution >= 4 is 0 Å². The van der Waals surface area contributed by atoms with Crippen LogP contribution in [0.25, 0.3) is 5.69 Å². The molecule has 180 valence electrons. The van der Waals surface area contributed by atoms with Gasteiger partial charge in [-0.15, -0.1) is 6.42 Å². The Hall–Kier alpha value is -3.11. The van der Waals surface area contributed by atoms with Crippen molar-refractivity contribution in [2.45, 2.75) is 52.8 Å². The summed E-state index contributed by atoms with van der Waals surface area (Å²) in [6.07, 6.45) is 5.55. The van der Waals surface area contributed by atoms with Gasteiger partial charge in [0.05, 0.1) is 29.7 Å². The minimum atomic E-state index is -0.645. The molecule has 0 bridgehead atoms. The lowest BCUT2D eigenvalue weighted by Crippen LogP contribution is -2.40. The van der Waals surface area contributed by atoms with Crippen LogP contribution in [0.2, 0.25) is 0 Å². The van der Waals surface area contributed by atoms with Gasteiger partial charge in [0.25, 0.3) is 0 Å². The van der Waals surface area contributed by atoms with E-state index in [1.54, 1.807) is 0 Å². The van der Waals surface area contributed by atoms with Crippen LogP contribution in [0.1, 0.15) is 37.1 Å². The molecule has 6 heteroatoms. The van der Waals surface area contributed by atoms with Crippen molar-refractivity contribution in [3.05, 3.63) is 71.4 Å². The molecule has 2 aromatic carbocycles. The molecule has 3 aromatic rings. The Morgan fingerprint density at radius 2 is 1.82 bits per heavy atom. The highest BCUT2D eigenvalue weighted by molar-refractivity contribution is 5.43. The molecule has 0 fully saturated rings. The molecular formula is C28H35N3O3. The number of hydrogen-bond acceptors (Lipinski definition) is 5. The van der Waals surface area contributed by atoms with Crippen molar-refractivity contribution < 1.29 is 14.6 Å². The normalized spacial score (nSPS) is 13.0. The summed E-state index contributed by atoms with van der Waals surface area (Å²) in [7, 11) is 0. The fourth-order valence-corrected chi connectivity index (χ4v) is 3.73. The standard InChI is InChI=1S/C28H35N3O3/c1-6-17-33-20-25(32)18-30(22(4)7-2)19-27-23(5)29-31(24-11-9-8-10-12-24)28(27)34-26-15-13-21(3)14-16-26/h1,8-16,22,25,32H,7,17-20H2,2-5H3. The van der Waals surface area contributed by atoms with E-state index in [0.29, 0.717) is 19.0 Å². The number of aliphatic hydroxyl groups excluding tert-OH is 1. The van der Waals surface area contributed by atoms with Crippen molar-refractivity contribution in [1.82, 2.24) is 14.7 Å². The summed E-state index contributed by atoms with van der Waals surface area (Å²) in [6.45, 7) is 9.79. The van der Waals surface area contributed by atoms with Crippen LogP contribution in [-0.2, 0) is 11.3 Å². The third kappa shape index (κ3) is 6.71. The quantitative estimate of drug-likeness (QED) is 0.307. The fraction of sp³-hybridized carbons (Fsp3) is 0.393. The van der Waals surface area contributed by atoms with E-state index >= 15 is 0 Å². The van der Waals surface area contributed by atoms with Crippen LogP contribution in [0.5, 0.6) is 11.6 Å². The molecule has 1 N–H and O–H groups in total. The Balaban J connectivity index is 1.95. The third-order valence-electron chi connectivity index (χ3n) is 5.89. The SMILES string of the molecule is C#CCOCC(O)CN(Cc1c(C)nn(-c2ccccc2)c1Oc1ccc(C)cc1)C(C)CC. The predicted octanol–water partition coefficient (Wildman–Crippen LogP) is 4.89. The minimum absolute atomic E-state index is 0.192. The van der Waals surface area contributed by atoms with Crippen LogP contribution in [0.15, 0.2) is 54.6 Å². The average Bonchev–Trinajstić information content (AvgIpc) is 3.15. The summed E-state index contributed by atoms with van der Waals surface area (Å²) < 4.78 is 13.6. The summed E-state index contributed by atoms with van der Waals surface area (Å²) in [4.78, 5) is 2.24. The monoisotopic (exact) mass is 461 g/mol. The van der Waals surface area contributed by atoms with Crippen LogP contribution < -0.4 is 4.74 Å². The first-order chi connectivity index (χ1) is 16.4. The molecule has 3 rings (SSSR count). The fourth-order valence-electron chi connectivity index (χ4n) is 3.73. The highest BCUT2D eigenvalue weighted by atomic mass is 16.5. The van der Waals surface area contributed by atoms with Gasteiger partial charge in [-0.25, -0.2) is 4.68 Å². The zero-order valence-corrected chi connectivity index (χ0v) is 20.6. The van der Waals surface area contributed by atoms with Gasteiger partial charge in [-0.1, -0.05) is 48.7 Å². The van der Waals surface area contributed by atoms with Crippen molar-refractivity contribution in [2.24, 2.45) is 0 Å². The first-order valence-corrected chi connectivity index (χ1v) is 11.7. The number of hydrogen-bond donors (Lipinski definition) is 1.